The van der Waals surface area contributed by atoms with Gasteiger partial charge >= 0.3 is 0 Å². The molecular weight excluding hydrogens is 342 g/mol. The smallest absolute Gasteiger partial charge is 0.276 e. The van der Waals surface area contributed by atoms with Crippen LogP contribution in [-0.4, -0.2) is 27.1 Å². The average Bonchev–Trinajstić information content (AvgIpc) is 2.83. The molecule has 1 aromatic carbocycles. The molecule has 0 unspecified atom stereocenters. The second kappa shape index (κ2) is 7.29. The quantitative estimate of drug-likeness (QED) is 0.634. The van der Waals surface area contributed by atoms with E-state index in [0.717, 1.165) is 12.1 Å². The summed E-state index contributed by atoms with van der Waals surface area (Å²) in [6, 6.07) is 8.64. The molecule has 2 aromatic heterocycles. The van der Waals surface area contributed by atoms with Gasteiger partial charge in [0.25, 0.3) is 11.1 Å². The van der Waals surface area contributed by atoms with Crippen LogP contribution in [0.25, 0.3) is 16.6 Å². The summed E-state index contributed by atoms with van der Waals surface area (Å²) < 4.78 is 10.1. The van der Waals surface area contributed by atoms with Crippen molar-refractivity contribution < 1.29 is 4.74 Å². The third kappa shape index (κ3) is 3.41. The van der Waals surface area contributed by atoms with Gasteiger partial charge in [0.2, 0.25) is 0 Å². The van der Waals surface area contributed by atoms with Crippen LogP contribution in [0.1, 0.15) is 13.3 Å². The van der Waals surface area contributed by atoms with Crippen molar-refractivity contribution in [1.82, 2.24) is 13.9 Å². The summed E-state index contributed by atoms with van der Waals surface area (Å²) in [5.41, 5.74) is 1.06. The lowest BCUT2D eigenvalue weighted by Crippen LogP contribution is -2.20. The Balaban J connectivity index is 2.07. The molecule has 2 heterocycles. The molecule has 3 rings (SSSR count). The number of benzene rings is 1. The summed E-state index contributed by atoms with van der Waals surface area (Å²) >= 11 is 5.94. The van der Waals surface area contributed by atoms with Crippen molar-refractivity contribution in [1.29, 1.82) is 0 Å². The zero-order chi connectivity index (χ0) is 18.0. The average molecular weight is 362 g/mol. The maximum Gasteiger partial charge on any atom is 0.276 e. The number of hydrogen-bond acceptors (Lipinski definition) is 3. The fourth-order valence-corrected chi connectivity index (χ4v) is 3.01. The number of rotatable bonds is 6. The summed E-state index contributed by atoms with van der Waals surface area (Å²) in [4.78, 5) is 25.0. The summed E-state index contributed by atoms with van der Waals surface area (Å²) in [6.07, 6.45) is 2.36. The molecule has 0 N–H and O–H groups in total. The largest absolute Gasteiger partial charge is 0.382 e. The van der Waals surface area contributed by atoms with Crippen LogP contribution in [0.3, 0.4) is 0 Å². The predicted octanol–water partition coefficient (Wildman–Crippen LogP) is 2.57. The number of hydrogen-bond donors (Lipinski definition) is 0. The lowest BCUT2D eigenvalue weighted by Gasteiger charge is -2.10. The first-order valence-corrected chi connectivity index (χ1v) is 8.56. The molecule has 0 saturated carbocycles. The first-order valence-electron chi connectivity index (χ1n) is 8.19. The molecular formula is C18H20ClN3O3. The Bertz CT molecular complexity index is 999. The number of nitrogens with zero attached hydrogens (tertiary/aromatic N) is 3. The Hall–Kier alpha value is -2.31. The minimum atomic E-state index is -0.150. The standard InChI is InChI=1S/C18H20ClN3O3/c1-3-25-10-4-9-21-12-15-16(11-17(21)23)22(20(2)18(15)24)14-7-5-13(19)6-8-14/h5-8,11-12H,3-4,9-10H2,1-2H3. The third-order valence-electron chi connectivity index (χ3n) is 4.12. The van der Waals surface area contributed by atoms with Crippen molar-refractivity contribution in [3.63, 3.8) is 0 Å². The second-order valence-corrected chi connectivity index (χ2v) is 6.21. The second-order valence-electron chi connectivity index (χ2n) is 5.77. The van der Waals surface area contributed by atoms with Crippen LogP contribution < -0.4 is 11.1 Å². The van der Waals surface area contributed by atoms with E-state index in [1.165, 1.54) is 10.7 Å². The van der Waals surface area contributed by atoms with E-state index in [9.17, 15) is 9.59 Å². The summed E-state index contributed by atoms with van der Waals surface area (Å²) in [5, 5.41) is 1.12. The van der Waals surface area contributed by atoms with Crippen LogP contribution in [0, 0.1) is 0 Å². The van der Waals surface area contributed by atoms with E-state index in [4.69, 9.17) is 16.3 Å². The molecule has 3 aromatic rings. The lowest BCUT2D eigenvalue weighted by molar-refractivity contribution is 0.141. The Morgan fingerprint density at radius 3 is 2.56 bits per heavy atom. The van der Waals surface area contributed by atoms with Crippen LogP contribution in [0.2, 0.25) is 5.02 Å². The topological polar surface area (TPSA) is 58.2 Å². The normalized spacial score (nSPS) is 11.3. The Labute approximate surface area is 149 Å². The van der Waals surface area contributed by atoms with Crippen molar-refractivity contribution in [2.75, 3.05) is 13.2 Å². The van der Waals surface area contributed by atoms with Gasteiger partial charge in [-0.05, 0) is 37.6 Å². The maximum absolute atomic E-state index is 12.6. The Kier molecular flexibility index (Phi) is 5.11. The highest BCUT2D eigenvalue weighted by atomic mass is 35.5. The van der Waals surface area contributed by atoms with Gasteiger partial charge in [-0.3, -0.25) is 14.3 Å². The Morgan fingerprint density at radius 2 is 1.88 bits per heavy atom. The number of ether oxygens (including phenoxy) is 1. The number of pyridine rings is 1. The van der Waals surface area contributed by atoms with Gasteiger partial charge in [0.15, 0.2) is 0 Å². The maximum atomic E-state index is 12.6. The first kappa shape index (κ1) is 17.5. The van der Waals surface area contributed by atoms with Crippen LogP contribution in [0.15, 0.2) is 46.1 Å². The summed E-state index contributed by atoms with van der Waals surface area (Å²) in [6.45, 7) is 3.69. The van der Waals surface area contributed by atoms with E-state index in [2.05, 4.69) is 0 Å². The van der Waals surface area contributed by atoms with Crippen molar-refractivity contribution in [2.45, 2.75) is 19.9 Å². The third-order valence-corrected chi connectivity index (χ3v) is 4.37. The highest BCUT2D eigenvalue weighted by Crippen LogP contribution is 2.18. The number of fused-ring (bicyclic) bond motifs is 1. The zero-order valence-electron chi connectivity index (χ0n) is 14.2. The van der Waals surface area contributed by atoms with Gasteiger partial charge in [-0.15, -0.1) is 0 Å². The van der Waals surface area contributed by atoms with E-state index in [1.807, 2.05) is 19.1 Å². The molecule has 25 heavy (non-hydrogen) atoms. The van der Waals surface area contributed by atoms with Gasteiger partial charge < -0.3 is 9.30 Å². The fraction of sp³-hybridized carbons (Fsp3) is 0.333. The molecule has 0 atom stereocenters. The number of halogens is 1. The van der Waals surface area contributed by atoms with Gasteiger partial charge in [-0.25, -0.2) is 4.68 Å². The Morgan fingerprint density at radius 1 is 1.16 bits per heavy atom. The van der Waals surface area contributed by atoms with Gasteiger partial charge in [-0.2, -0.15) is 0 Å². The van der Waals surface area contributed by atoms with E-state index in [-0.39, 0.29) is 11.1 Å². The van der Waals surface area contributed by atoms with Crippen LogP contribution >= 0.6 is 11.6 Å². The van der Waals surface area contributed by atoms with E-state index < -0.39 is 0 Å². The highest BCUT2D eigenvalue weighted by Gasteiger charge is 2.14. The molecule has 0 fully saturated rings. The number of aryl methyl sites for hydroxylation is 1. The molecule has 6 nitrogen and oxygen atoms in total. The van der Waals surface area contributed by atoms with Crippen LogP contribution in [-0.2, 0) is 18.3 Å². The lowest BCUT2D eigenvalue weighted by atomic mass is 10.3. The molecule has 0 saturated heterocycles. The molecule has 0 aliphatic heterocycles. The van der Waals surface area contributed by atoms with Crippen molar-refractivity contribution in [2.24, 2.45) is 7.05 Å². The van der Waals surface area contributed by atoms with Crippen LogP contribution in [0.5, 0.6) is 0 Å². The minimum absolute atomic E-state index is 0.141. The van der Waals surface area contributed by atoms with Crippen molar-refractivity contribution in [3.8, 4) is 5.69 Å². The van der Waals surface area contributed by atoms with Gasteiger partial charge in [0, 0.05) is 44.1 Å². The van der Waals surface area contributed by atoms with Crippen molar-refractivity contribution in [3.05, 3.63) is 62.3 Å². The molecule has 132 valence electrons. The molecule has 0 spiro atoms. The SMILES string of the molecule is CCOCCCn1cc2c(=O)n(C)n(-c3ccc(Cl)cc3)c2cc1=O. The predicted molar refractivity (Wildman–Crippen MR) is 98.9 cm³/mol. The van der Waals surface area contributed by atoms with E-state index >= 15 is 0 Å². The van der Waals surface area contributed by atoms with Crippen LogP contribution in [0.4, 0.5) is 0 Å². The van der Waals surface area contributed by atoms with Gasteiger partial charge in [0.05, 0.1) is 16.6 Å². The van der Waals surface area contributed by atoms with Gasteiger partial charge in [0.1, 0.15) is 0 Å². The molecule has 7 heteroatoms. The molecule has 0 aliphatic rings. The molecule has 0 aliphatic carbocycles. The van der Waals surface area contributed by atoms with E-state index in [0.29, 0.717) is 35.7 Å². The zero-order valence-corrected chi connectivity index (χ0v) is 15.0. The monoisotopic (exact) mass is 361 g/mol. The summed E-state index contributed by atoms with van der Waals surface area (Å²) in [5.74, 6) is 0. The summed E-state index contributed by atoms with van der Waals surface area (Å²) in [7, 11) is 1.68. The number of aromatic nitrogens is 3. The van der Waals surface area contributed by atoms with Gasteiger partial charge in [-0.1, -0.05) is 11.6 Å². The minimum Gasteiger partial charge on any atom is -0.382 e. The molecule has 0 bridgehead atoms. The fourth-order valence-electron chi connectivity index (χ4n) is 2.88. The molecule has 0 radical (unpaired) electrons. The highest BCUT2D eigenvalue weighted by molar-refractivity contribution is 6.30. The van der Waals surface area contributed by atoms with E-state index in [1.54, 1.807) is 34.6 Å². The first-order chi connectivity index (χ1) is 12.0. The molecule has 0 amide bonds. The van der Waals surface area contributed by atoms with Crippen molar-refractivity contribution >= 4 is 22.5 Å².